The molecule has 0 spiro atoms. The molecule has 3 rings (SSSR count). The van der Waals surface area contributed by atoms with Crippen LogP contribution in [0, 0.1) is 11.8 Å². The van der Waals surface area contributed by atoms with Crippen LogP contribution in [-0.2, 0) is 6.42 Å². The number of rotatable bonds is 0. The van der Waals surface area contributed by atoms with Gasteiger partial charge in [-0.15, -0.1) is 22.7 Å². The first kappa shape index (κ1) is 9.17. The highest BCUT2D eigenvalue weighted by atomic mass is 32.1. The van der Waals surface area contributed by atoms with E-state index in [-0.39, 0.29) is 0 Å². The summed E-state index contributed by atoms with van der Waals surface area (Å²) in [5.74, 6) is 6.30. The molecule has 2 heterocycles. The summed E-state index contributed by atoms with van der Waals surface area (Å²) in [5.41, 5.74) is 2.14. The molecule has 1 aliphatic rings. The molecule has 0 aliphatic heterocycles. The second kappa shape index (κ2) is 3.49. The molecule has 3 heteroatoms. The minimum absolute atomic E-state index is 0.400. The van der Waals surface area contributed by atoms with Crippen LogP contribution in [0.2, 0.25) is 0 Å². The second-order valence-electron chi connectivity index (χ2n) is 3.44. The Morgan fingerprint density at radius 2 is 2.07 bits per heavy atom. The summed E-state index contributed by atoms with van der Waals surface area (Å²) in [6.45, 7) is 0. The van der Waals surface area contributed by atoms with Gasteiger partial charge in [0.25, 0.3) is 0 Å². The van der Waals surface area contributed by atoms with Crippen LogP contribution in [0.4, 0.5) is 0 Å². The van der Waals surface area contributed by atoms with Crippen LogP contribution in [0.5, 0.6) is 0 Å². The van der Waals surface area contributed by atoms with E-state index in [0.29, 0.717) is 6.42 Å². The van der Waals surface area contributed by atoms with Crippen LogP contribution in [0.25, 0.3) is 0 Å². The molecule has 0 radical (unpaired) electrons. The Balaban J connectivity index is 2.19. The van der Waals surface area contributed by atoms with Crippen molar-refractivity contribution < 1.29 is 5.11 Å². The Kier molecular flexibility index (Phi) is 2.14. The van der Waals surface area contributed by atoms with Crippen LogP contribution in [0.3, 0.4) is 0 Å². The fourth-order valence-corrected chi connectivity index (χ4v) is 3.33. The van der Waals surface area contributed by atoms with E-state index in [9.17, 15) is 5.11 Å². The zero-order chi connectivity index (χ0) is 10.3. The highest BCUT2D eigenvalue weighted by Crippen LogP contribution is 2.30. The number of aliphatic hydroxyl groups excluding tert-OH is 1. The molecule has 1 aliphatic carbocycles. The van der Waals surface area contributed by atoms with Crippen molar-refractivity contribution in [3.63, 3.8) is 0 Å². The Hall–Kier alpha value is -1.08. The van der Waals surface area contributed by atoms with Gasteiger partial charge in [-0.05, 0) is 28.5 Å². The van der Waals surface area contributed by atoms with Crippen molar-refractivity contribution in [2.75, 3.05) is 0 Å². The average molecular weight is 232 g/mol. The number of aliphatic hydroxyl groups is 1. The van der Waals surface area contributed by atoms with E-state index < -0.39 is 6.10 Å². The van der Waals surface area contributed by atoms with Gasteiger partial charge in [-0.1, -0.05) is 11.8 Å². The van der Waals surface area contributed by atoms with E-state index in [4.69, 9.17) is 0 Å². The van der Waals surface area contributed by atoms with Gasteiger partial charge in [0, 0.05) is 16.9 Å². The molecule has 1 atom stereocenters. The Morgan fingerprint density at radius 1 is 1.20 bits per heavy atom. The van der Waals surface area contributed by atoms with E-state index in [1.165, 1.54) is 5.56 Å². The van der Waals surface area contributed by atoms with Crippen molar-refractivity contribution in [3.8, 4) is 11.8 Å². The molecule has 2 aromatic heterocycles. The summed E-state index contributed by atoms with van der Waals surface area (Å²) in [5, 5.41) is 14.1. The van der Waals surface area contributed by atoms with E-state index in [1.54, 1.807) is 22.7 Å². The van der Waals surface area contributed by atoms with Gasteiger partial charge in [-0.3, -0.25) is 0 Å². The van der Waals surface area contributed by atoms with Gasteiger partial charge in [-0.2, -0.15) is 0 Å². The largest absolute Gasteiger partial charge is 0.387 e. The summed E-state index contributed by atoms with van der Waals surface area (Å²) in [6, 6.07) is 4.03. The minimum Gasteiger partial charge on any atom is -0.387 e. The van der Waals surface area contributed by atoms with Crippen LogP contribution in [0.15, 0.2) is 22.9 Å². The van der Waals surface area contributed by atoms with Crippen molar-refractivity contribution in [3.05, 3.63) is 43.8 Å². The predicted octanol–water partition coefficient (Wildman–Crippen LogP) is 2.80. The molecule has 1 nitrogen and oxygen atoms in total. The lowest BCUT2D eigenvalue weighted by molar-refractivity contribution is 0.182. The van der Waals surface area contributed by atoms with Gasteiger partial charge in [0.15, 0.2) is 0 Å². The molecule has 74 valence electrons. The summed E-state index contributed by atoms with van der Waals surface area (Å²) in [7, 11) is 0. The van der Waals surface area contributed by atoms with Crippen LogP contribution in [-0.4, -0.2) is 5.11 Å². The first-order valence-corrected chi connectivity index (χ1v) is 6.44. The Morgan fingerprint density at radius 3 is 3.00 bits per heavy atom. The summed E-state index contributed by atoms with van der Waals surface area (Å²) in [6.07, 6.45) is 0.282. The summed E-state index contributed by atoms with van der Waals surface area (Å²) in [4.78, 5) is 2.09. The molecule has 0 amide bonds. The van der Waals surface area contributed by atoms with E-state index in [1.807, 2.05) is 16.8 Å². The number of thiophene rings is 2. The van der Waals surface area contributed by atoms with Crippen molar-refractivity contribution in [1.29, 1.82) is 0 Å². The monoisotopic (exact) mass is 232 g/mol. The molecule has 1 unspecified atom stereocenters. The molecule has 0 saturated heterocycles. The van der Waals surface area contributed by atoms with Gasteiger partial charge in [-0.25, -0.2) is 0 Å². The fraction of sp³-hybridized carbons (Fsp3) is 0.167. The number of hydrogen-bond acceptors (Lipinski definition) is 3. The lowest BCUT2D eigenvalue weighted by Gasteiger charge is -2.10. The Bertz CT molecular complexity index is 553. The molecule has 0 fully saturated rings. The molecular weight excluding hydrogens is 224 g/mol. The third-order valence-electron chi connectivity index (χ3n) is 2.47. The highest BCUT2D eigenvalue weighted by molar-refractivity contribution is 7.11. The second-order valence-corrected chi connectivity index (χ2v) is 5.31. The van der Waals surface area contributed by atoms with Crippen LogP contribution in [0.1, 0.15) is 27.0 Å². The summed E-state index contributed by atoms with van der Waals surface area (Å²) < 4.78 is 0. The smallest absolute Gasteiger partial charge is 0.0935 e. The predicted molar refractivity (Wildman–Crippen MR) is 63.3 cm³/mol. The lowest BCUT2D eigenvalue weighted by atomic mass is 10.0. The highest BCUT2D eigenvalue weighted by Gasteiger charge is 2.17. The molecule has 0 bridgehead atoms. The number of fused-ring (bicyclic) bond motifs is 2. The lowest BCUT2D eigenvalue weighted by Crippen LogP contribution is -2.03. The topological polar surface area (TPSA) is 20.2 Å². The Labute approximate surface area is 96.0 Å². The van der Waals surface area contributed by atoms with Crippen LogP contribution >= 0.6 is 22.7 Å². The van der Waals surface area contributed by atoms with E-state index >= 15 is 0 Å². The van der Waals surface area contributed by atoms with Crippen molar-refractivity contribution >= 4 is 22.7 Å². The van der Waals surface area contributed by atoms with Crippen molar-refractivity contribution in [1.82, 2.24) is 0 Å². The first-order chi connectivity index (χ1) is 7.34. The third-order valence-corrected chi connectivity index (χ3v) is 4.36. The van der Waals surface area contributed by atoms with Crippen LogP contribution < -0.4 is 0 Å². The normalized spacial score (nSPS) is 18.1. The van der Waals surface area contributed by atoms with E-state index in [0.717, 1.165) is 15.3 Å². The van der Waals surface area contributed by atoms with Gasteiger partial charge >= 0.3 is 0 Å². The molecule has 1 N–H and O–H groups in total. The fourth-order valence-electron chi connectivity index (χ4n) is 1.71. The summed E-state index contributed by atoms with van der Waals surface area (Å²) >= 11 is 3.23. The SMILES string of the molecule is OC1Cc2ccsc2C#Cc2ccsc21. The van der Waals surface area contributed by atoms with Gasteiger partial charge in [0.05, 0.1) is 11.0 Å². The van der Waals surface area contributed by atoms with Gasteiger partial charge < -0.3 is 5.11 Å². The minimum atomic E-state index is -0.400. The molecule has 0 aromatic carbocycles. The average Bonchev–Trinajstić information content (AvgIpc) is 2.81. The third kappa shape index (κ3) is 1.51. The zero-order valence-electron chi connectivity index (χ0n) is 7.86. The maximum absolute atomic E-state index is 10.1. The maximum Gasteiger partial charge on any atom is 0.0935 e. The van der Waals surface area contributed by atoms with Gasteiger partial charge in [0.1, 0.15) is 0 Å². The molecule has 2 aromatic rings. The number of hydrogen-bond donors (Lipinski definition) is 1. The maximum atomic E-state index is 10.1. The zero-order valence-corrected chi connectivity index (χ0v) is 9.49. The molecular formula is C12H8OS2. The van der Waals surface area contributed by atoms with Gasteiger partial charge in [0.2, 0.25) is 0 Å². The first-order valence-electron chi connectivity index (χ1n) is 4.68. The molecule has 15 heavy (non-hydrogen) atoms. The van der Waals surface area contributed by atoms with Crippen molar-refractivity contribution in [2.24, 2.45) is 0 Å². The van der Waals surface area contributed by atoms with Crippen molar-refractivity contribution in [2.45, 2.75) is 12.5 Å². The molecule has 0 saturated carbocycles. The quantitative estimate of drug-likeness (QED) is 0.692. The standard InChI is InChI=1S/C12H8OS2/c13-10-7-9-4-5-14-11(9)2-1-8-3-6-15-12(8)10/h3-6,10,13H,7H2. The van der Waals surface area contributed by atoms with E-state index in [2.05, 4.69) is 17.9 Å².